The number of nitrogens with one attached hydrogen (secondary N) is 1. The Morgan fingerprint density at radius 2 is 1.74 bits per heavy atom. The molecule has 0 aliphatic heterocycles. The molecule has 1 heterocycles. The van der Waals surface area contributed by atoms with Crippen LogP contribution in [-0.2, 0) is 0 Å². The molecule has 3 aromatic rings. The molecule has 0 atom stereocenters. The number of nitrogens with zero attached hydrogens (tertiary/aromatic N) is 3. The quantitative estimate of drug-likeness (QED) is 0.705. The van der Waals surface area contributed by atoms with Crippen molar-refractivity contribution >= 4 is 17.5 Å². The van der Waals surface area contributed by atoms with E-state index in [1.54, 1.807) is 24.3 Å². The van der Waals surface area contributed by atoms with Crippen molar-refractivity contribution in [3.05, 3.63) is 59.7 Å². The lowest BCUT2D eigenvalue weighted by Crippen LogP contribution is -2.03. The maximum absolute atomic E-state index is 14.0. The second kappa shape index (κ2) is 7.53. The van der Waals surface area contributed by atoms with Gasteiger partial charge in [0.05, 0.1) is 18.7 Å². The second-order valence-corrected chi connectivity index (χ2v) is 5.29. The van der Waals surface area contributed by atoms with Crippen molar-refractivity contribution in [2.24, 2.45) is 0 Å². The van der Waals surface area contributed by atoms with Gasteiger partial charge >= 0.3 is 0 Å². The maximum Gasteiger partial charge on any atom is 0.232 e. The van der Waals surface area contributed by atoms with Gasteiger partial charge in [-0.2, -0.15) is 15.2 Å². The van der Waals surface area contributed by atoms with Crippen LogP contribution in [0, 0.1) is 23.0 Å². The smallest absolute Gasteiger partial charge is 0.232 e. The number of nitriles is 1. The first-order valence-corrected chi connectivity index (χ1v) is 7.61. The van der Waals surface area contributed by atoms with Gasteiger partial charge in [-0.3, -0.25) is 0 Å². The van der Waals surface area contributed by atoms with Crippen molar-refractivity contribution in [1.29, 1.82) is 5.26 Å². The van der Waals surface area contributed by atoms with Gasteiger partial charge in [0.1, 0.15) is 11.6 Å². The van der Waals surface area contributed by atoms with Gasteiger partial charge in [0.2, 0.25) is 17.6 Å². The van der Waals surface area contributed by atoms with E-state index in [0.717, 1.165) is 12.1 Å². The Labute approximate surface area is 153 Å². The van der Waals surface area contributed by atoms with E-state index < -0.39 is 17.4 Å². The number of nitrogens with two attached hydrogens (primary N) is 1. The van der Waals surface area contributed by atoms with Gasteiger partial charge in [-0.1, -0.05) is 0 Å². The fourth-order valence-corrected chi connectivity index (χ4v) is 2.16. The molecule has 0 aliphatic rings. The number of hydrogen-bond donors (Lipinski definition) is 2. The Morgan fingerprint density at radius 3 is 2.33 bits per heavy atom. The molecule has 3 rings (SSSR count). The van der Waals surface area contributed by atoms with E-state index in [1.165, 1.54) is 13.2 Å². The van der Waals surface area contributed by atoms with Gasteiger partial charge in [0, 0.05) is 23.9 Å². The van der Waals surface area contributed by atoms with E-state index in [1.807, 2.05) is 6.07 Å². The molecule has 2 aromatic carbocycles. The zero-order valence-corrected chi connectivity index (χ0v) is 14.0. The van der Waals surface area contributed by atoms with Crippen molar-refractivity contribution < 1.29 is 18.3 Å². The molecule has 0 spiro atoms. The van der Waals surface area contributed by atoms with Crippen LogP contribution in [0.25, 0.3) is 0 Å². The summed E-state index contributed by atoms with van der Waals surface area (Å²) in [6, 6.07) is 11.7. The monoisotopic (exact) mass is 369 g/mol. The third kappa shape index (κ3) is 4.19. The van der Waals surface area contributed by atoms with Crippen LogP contribution in [0.15, 0.2) is 42.5 Å². The summed E-state index contributed by atoms with van der Waals surface area (Å²) in [5.74, 6) is -2.59. The highest BCUT2D eigenvalue weighted by Gasteiger charge is 2.16. The van der Waals surface area contributed by atoms with Crippen molar-refractivity contribution in [1.82, 2.24) is 9.97 Å². The number of methoxy groups -OCH3 is 1. The third-order valence-electron chi connectivity index (χ3n) is 3.41. The fraction of sp³-hybridized carbons (Fsp3) is 0.0556. The molecule has 1 aromatic heterocycles. The van der Waals surface area contributed by atoms with Crippen LogP contribution in [-0.4, -0.2) is 17.1 Å². The number of aromatic nitrogens is 2. The third-order valence-corrected chi connectivity index (χ3v) is 3.41. The largest absolute Gasteiger partial charge is 0.497 e. The highest BCUT2D eigenvalue weighted by molar-refractivity contribution is 5.56. The molecule has 0 unspecified atom stereocenters. The Kier molecular flexibility index (Phi) is 4.99. The first-order chi connectivity index (χ1) is 13.0. The summed E-state index contributed by atoms with van der Waals surface area (Å²) in [6.07, 6.45) is 0. The minimum absolute atomic E-state index is 0.0164. The summed E-state index contributed by atoms with van der Waals surface area (Å²) in [5.41, 5.74) is 6.79. The molecule has 7 nitrogen and oxygen atoms in total. The molecule has 0 saturated carbocycles. The number of hydrogen-bond acceptors (Lipinski definition) is 7. The SMILES string of the molecule is COc1cc(F)c(Oc2cc(N)nc(Nc3ccc(C#N)cc3)n2)c(F)c1. The number of ether oxygens (including phenoxy) is 2. The van der Waals surface area contributed by atoms with E-state index in [-0.39, 0.29) is 23.4 Å². The van der Waals surface area contributed by atoms with E-state index in [2.05, 4.69) is 15.3 Å². The average Bonchev–Trinajstić information content (AvgIpc) is 2.64. The molecule has 0 radical (unpaired) electrons. The standard InChI is InChI=1S/C18H13F2N5O2/c1-26-12-6-13(19)17(14(20)7-12)27-16-8-15(22)24-18(25-16)23-11-4-2-10(9-21)3-5-11/h2-8H,1H3,(H3,22,23,24,25). The Hall–Kier alpha value is -3.93. The van der Waals surface area contributed by atoms with Gasteiger partial charge in [0.25, 0.3) is 0 Å². The van der Waals surface area contributed by atoms with Gasteiger partial charge in [-0.25, -0.2) is 8.78 Å². The highest BCUT2D eigenvalue weighted by atomic mass is 19.1. The Bertz CT molecular complexity index is 996. The van der Waals surface area contributed by atoms with Crippen LogP contribution in [0.5, 0.6) is 17.4 Å². The van der Waals surface area contributed by atoms with Crippen molar-refractivity contribution in [2.45, 2.75) is 0 Å². The van der Waals surface area contributed by atoms with E-state index in [4.69, 9.17) is 20.5 Å². The lowest BCUT2D eigenvalue weighted by atomic mass is 10.2. The van der Waals surface area contributed by atoms with Gasteiger partial charge in [-0.05, 0) is 24.3 Å². The highest BCUT2D eigenvalue weighted by Crippen LogP contribution is 2.31. The number of rotatable bonds is 5. The molecule has 0 amide bonds. The van der Waals surface area contributed by atoms with Gasteiger partial charge in [0.15, 0.2) is 11.6 Å². The molecule has 0 fully saturated rings. The number of halogens is 2. The van der Waals surface area contributed by atoms with Crippen LogP contribution < -0.4 is 20.5 Å². The summed E-state index contributed by atoms with van der Waals surface area (Å²) in [7, 11) is 1.29. The first-order valence-electron chi connectivity index (χ1n) is 7.61. The zero-order valence-electron chi connectivity index (χ0n) is 14.0. The number of nitrogen functional groups attached to an aromatic ring is 1. The van der Waals surface area contributed by atoms with Crippen LogP contribution in [0.2, 0.25) is 0 Å². The average molecular weight is 369 g/mol. The molecule has 0 bridgehead atoms. The minimum atomic E-state index is -0.953. The normalized spacial score (nSPS) is 10.1. The van der Waals surface area contributed by atoms with Crippen LogP contribution in [0.1, 0.15) is 5.56 Å². The van der Waals surface area contributed by atoms with Crippen LogP contribution >= 0.6 is 0 Å². The molecule has 27 heavy (non-hydrogen) atoms. The molecule has 0 aliphatic carbocycles. The van der Waals surface area contributed by atoms with Gasteiger partial charge in [-0.15, -0.1) is 0 Å². The Morgan fingerprint density at radius 1 is 1.07 bits per heavy atom. The fourth-order valence-electron chi connectivity index (χ4n) is 2.16. The summed E-state index contributed by atoms with van der Waals surface area (Å²) < 4.78 is 38.1. The predicted octanol–water partition coefficient (Wildman–Crippen LogP) is 3.75. The van der Waals surface area contributed by atoms with Crippen molar-refractivity contribution in [3.63, 3.8) is 0 Å². The summed E-state index contributed by atoms with van der Waals surface area (Å²) in [5, 5.41) is 11.7. The summed E-state index contributed by atoms with van der Waals surface area (Å²) >= 11 is 0. The molecule has 9 heteroatoms. The molecule has 3 N–H and O–H groups in total. The lowest BCUT2D eigenvalue weighted by molar-refractivity contribution is 0.376. The van der Waals surface area contributed by atoms with E-state index >= 15 is 0 Å². The number of anilines is 3. The first kappa shape index (κ1) is 17.9. The summed E-state index contributed by atoms with van der Waals surface area (Å²) in [6.45, 7) is 0. The minimum Gasteiger partial charge on any atom is -0.497 e. The Balaban J connectivity index is 1.86. The molecular weight excluding hydrogens is 356 g/mol. The van der Waals surface area contributed by atoms with Crippen molar-refractivity contribution in [2.75, 3.05) is 18.2 Å². The second-order valence-electron chi connectivity index (χ2n) is 5.29. The topological polar surface area (TPSA) is 106 Å². The zero-order chi connectivity index (χ0) is 19.4. The van der Waals surface area contributed by atoms with Crippen molar-refractivity contribution in [3.8, 4) is 23.4 Å². The molecular formula is C18H13F2N5O2. The van der Waals surface area contributed by atoms with Crippen LogP contribution in [0.3, 0.4) is 0 Å². The van der Waals surface area contributed by atoms with Crippen LogP contribution in [0.4, 0.5) is 26.2 Å². The lowest BCUT2D eigenvalue weighted by Gasteiger charge is -2.11. The predicted molar refractivity (Wildman–Crippen MR) is 93.9 cm³/mol. The summed E-state index contributed by atoms with van der Waals surface area (Å²) in [4.78, 5) is 8.03. The van der Waals surface area contributed by atoms with E-state index in [9.17, 15) is 8.78 Å². The van der Waals surface area contributed by atoms with E-state index in [0.29, 0.717) is 11.3 Å². The van der Waals surface area contributed by atoms with Gasteiger partial charge < -0.3 is 20.5 Å². The maximum atomic E-state index is 14.0. The molecule has 136 valence electrons. The molecule has 0 saturated heterocycles. The number of benzene rings is 2.